The summed E-state index contributed by atoms with van der Waals surface area (Å²) in [6.45, 7) is 3.26. The molecule has 0 radical (unpaired) electrons. The molecule has 0 saturated carbocycles. The molecule has 4 nitrogen and oxygen atoms in total. The molecule has 2 aromatic rings. The number of alkyl halides is 6. The van der Waals surface area contributed by atoms with Crippen molar-refractivity contribution in [3.63, 3.8) is 0 Å². The Bertz CT molecular complexity index is 1260. The van der Waals surface area contributed by atoms with Crippen molar-refractivity contribution < 1.29 is 41.0 Å². The molecule has 5 atom stereocenters. The topological polar surface area (TPSA) is 49.8 Å². The van der Waals surface area contributed by atoms with Crippen LogP contribution in [0.15, 0.2) is 36.4 Å². The largest absolute Gasteiger partial charge is 0.490 e. The molecule has 5 rings (SSSR count). The lowest BCUT2D eigenvalue weighted by molar-refractivity contribution is -0.142. The molecule has 0 aliphatic carbocycles. The number of carboxylic acid groups (broad SMARTS) is 1. The highest BCUT2D eigenvalue weighted by Crippen LogP contribution is 2.47. The van der Waals surface area contributed by atoms with Crippen LogP contribution >= 0.6 is 0 Å². The van der Waals surface area contributed by atoms with Crippen LogP contribution in [0.4, 0.5) is 26.3 Å². The molecule has 10 heteroatoms. The summed E-state index contributed by atoms with van der Waals surface area (Å²) >= 11 is 0. The molecule has 2 aromatic carbocycles. The Morgan fingerprint density at radius 3 is 2.27 bits per heavy atom. The molecule has 41 heavy (non-hydrogen) atoms. The van der Waals surface area contributed by atoms with E-state index in [-0.39, 0.29) is 29.7 Å². The lowest BCUT2D eigenvalue weighted by Crippen LogP contribution is -2.55. The molecule has 3 aliphatic heterocycles. The van der Waals surface area contributed by atoms with Gasteiger partial charge in [-0.25, -0.2) is 0 Å². The third-order valence-corrected chi connectivity index (χ3v) is 9.25. The predicted molar refractivity (Wildman–Crippen MR) is 141 cm³/mol. The average molecular weight is 584 g/mol. The number of nitrogens with zero attached hydrogens (tertiary/aromatic N) is 1. The second kappa shape index (κ2) is 11.2. The number of benzene rings is 2. The van der Waals surface area contributed by atoms with Crippen LogP contribution in [0.2, 0.25) is 0 Å². The van der Waals surface area contributed by atoms with Crippen LogP contribution in [0.25, 0.3) is 0 Å². The third kappa shape index (κ3) is 6.22. The van der Waals surface area contributed by atoms with Crippen LogP contribution in [-0.4, -0.2) is 34.2 Å². The fraction of sp³-hybridized carbons (Fsp3) is 0.581. The summed E-state index contributed by atoms with van der Waals surface area (Å²) in [5.41, 5.74) is -0.448. The van der Waals surface area contributed by atoms with Gasteiger partial charge in [0.15, 0.2) is 0 Å². The van der Waals surface area contributed by atoms with Crippen molar-refractivity contribution in [3.05, 3.63) is 64.2 Å². The molecule has 0 amide bonds. The first-order valence-corrected chi connectivity index (χ1v) is 14.3. The van der Waals surface area contributed by atoms with Gasteiger partial charge in [-0.3, -0.25) is 9.69 Å². The van der Waals surface area contributed by atoms with E-state index >= 15 is 0 Å². The Morgan fingerprint density at radius 2 is 1.66 bits per heavy atom. The molecule has 2 fully saturated rings. The van der Waals surface area contributed by atoms with Crippen LogP contribution in [0.3, 0.4) is 0 Å². The number of fused-ring (bicyclic) bond motifs is 3. The maximum atomic E-state index is 13.9. The van der Waals surface area contributed by atoms with E-state index in [1.807, 2.05) is 23.1 Å². The first kappa shape index (κ1) is 29.7. The van der Waals surface area contributed by atoms with Gasteiger partial charge in [-0.1, -0.05) is 25.5 Å². The van der Waals surface area contributed by atoms with E-state index in [1.165, 1.54) is 0 Å². The number of halogens is 6. The van der Waals surface area contributed by atoms with Crippen molar-refractivity contribution in [1.29, 1.82) is 0 Å². The summed E-state index contributed by atoms with van der Waals surface area (Å²) < 4.78 is 88.7. The Hall–Kier alpha value is -2.75. The number of carbonyl (C=O) groups is 1. The minimum atomic E-state index is -4.76. The quantitative estimate of drug-likeness (QED) is 0.350. The summed E-state index contributed by atoms with van der Waals surface area (Å²) in [6.07, 6.45) is -3.65. The highest BCUT2D eigenvalue weighted by Gasteiger charge is 2.46. The summed E-state index contributed by atoms with van der Waals surface area (Å²) in [6, 6.07) is 6.68. The zero-order valence-corrected chi connectivity index (χ0v) is 23.1. The third-order valence-electron chi connectivity index (χ3n) is 9.25. The molecular formula is C31H35F6NO3. The van der Waals surface area contributed by atoms with E-state index in [4.69, 9.17) is 4.74 Å². The molecular weight excluding hydrogens is 548 g/mol. The zero-order valence-electron chi connectivity index (χ0n) is 23.1. The normalized spacial score (nSPS) is 26.5. The molecule has 1 N–H and O–H groups in total. The van der Waals surface area contributed by atoms with Crippen molar-refractivity contribution in [2.45, 2.75) is 102 Å². The highest BCUT2D eigenvalue weighted by atomic mass is 19.4. The summed E-state index contributed by atoms with van der Waals surface area (Å²) in [5.74, 6) is -0.447. The maximum absolute atomic E-state index is 13.9. The first-order valence-electron chi connectivity index (χ1n) is 14.3. The van der Waals surface area contributed by atoms with E-state index in [0.29, 0.717) is 37.5 Å². The van der Waals surface area contributed by atoms with Crippen LogP contribution in [0, 0.1) is 11.8 Å². The number of ether oxygens (including phenoxy) is 1. The Kier molecular flexibility index (Phi) is 8.09. The highest BCUT2D eigenvalue weighted by molar-refractivity contribution is 5.70. The van der Waals surface area contributed by atoms with Crippen molar-refractivity contribution in [3.8, 4) is 5.75 Å². The van der Waals surface area contributed by atoms with Crippen molar-refractivity contribution in [2.24, 2.45) is 11.8 Å². The van der Waals surface area contributed by atoms with Gasteiger partial charge in [-0.2, -0.15) is 26.3 Å². The molecule has 224 valence electrons. The Labute approximate surface area is 235 Å². The zero-order chi connectivity index (χ0) is 29.7. The summed E-state index contributed by atoms with van der Waals surface area (Å²) in [5, 5.41) is 9.27. The number of hydrogen-bond donors (Lipinski definition) is 1. The fourth-order valence-electron chi connectivity index (χ4n) is 7.23. The standard InChI is InChI=1S/C31H35F6NO3/c1-17(29(39)40)12-19-6-7-20-8-11-27(41-28(20)13-19)21-14-23-4-3-5-24(15-21)38(23)18(2)25-16-22(30(32,33)34)9-10-26(25)31(35,36)37/h6-7,9-10,13,16-18,21,23-24,27H,3-5,8,11-12,14-15H2,1-2H3,(H,39,40). The van der Waals surface area contributed by atoms with E-state index < -0.39 is 41.4 Å². The minimum Gasteiger partial charge on any atom is -0.490 e. The van der Waals surface area contributed by atoms with Gasteiger partial charge in [0.1, 0.15) is 11.9 Å². The number of piperidine rings is 2. The van der Waals surface area contributed by atoms with E-state index in [9.17, 15) is 36.2 Å². The Balaban J connectivity index is 1.36. The second-order valence-corrected chi connectivity index (χ2v) is 12.0. The van der Waals surface area contributed by atoms with Gasteiger partial charge >= 0.3 is 18.3 Å². The van der Waals surface area contributed by atoms with Crippen LogP contribution < -0.4 is 4.74 Å². The van der Waals surface area contributed by atoms with Gasteiger partial charge in [0.05, 0.1) is 17.0 Å². The monoisotopic (exact) mass is 583 g/mol. The SMILES string of the molecule is CC(Cc1ccc2c(c1)OC(C1CC3CCCC(C1)N3C(C)c1cc(C(F)(F)F)ccc1C(F)(F)F)CC2)C(=O)O. The van der Waals surface area contributed by atoms with Crippen molar-refractivity contribution in [2.75, 3.05) is 0 Å². The van der Waals surface area contributed by atoms with E-state index in [1.54, 1.807) is 13.8 Å². The van der Waals surface area contributed by atoms with E-state index in [2.05, 4.69) is 0 Å². The van der Waals surface area contributed by atoms with Gasteiger partial charge in [0.2, 0.25) is 0 Å². The fourth-order valence-corrected chi connectivity index (χ4v) is 7.23. The predicted octanol–water partition coefficient (Wildman–Crippen LogP) is 8.08. The minimum absolute atomic E-state index is 0.0501. The molecule has 0 spiro atoms. The second-order valence-electron chi connectivity index (χ2n) is 12.0. The lowest BCUT2D eigenvalue weighted by Gasteiger charge is -2.53. The molecule has 3 heterocycles. The number of rotatable bonds is 6. The van der Waals surface area contributed by atoms with Gasteiger partial charge in [-0.15, -0.1) is 0 Å². The number of hydrogen-bond acceptors (Lipinski definition) is 3. The first-order chi connectivity index (χ1) is 19.2. The number of aliphatic carboxylic acids is 1. The lowest BCUT2D eigenvalue weighted by atomic mass is 9.73. The molecule has 3 aliphatic rings. The van der Waals surface area contributed by atoms with Crippen molar-refractivity contribution >= 4 is 5.97 Å². The van der Waals surface area contributed by atoms with Gasteiger partial charge in [0, 0.05) is 18.1 Å². The van der Waals surface area contributed by atoms with Gasteiger partial charge in [-0.05, 0) is 98.7 Å². The van der Waals surface area contributed by atoms with Crippen molar-refractivity contribution in [1.82, 2.24) is 4.90 Å². The molecule has 2 bridgehead atoms. The van der Waals surface area contributed by atoms with Gasteiger partial charge < -0.3 is 9.84 Å². The Morgan fingerprint density at radius 1 is 0.976 bits per heavy atom. The smallest absolute Gasteiger partial charge is 0.416 e. The van der Waals surface area contributed by atoms with Crippen LogP contribution in [0.5, 0.6) is 5.75 Å². The summed E-state index contributed by atoms with van der Waals surface area (Å²) in [4.78, 5) is 13.3. The molecule has 0 aromatic heterocycles. The average Bonchev–Trinajstić information content (AvgIpc) is 2.90. The van der Waals surface area contributed by atoms with E-state index in [0.717, 1.165) is 49.0 Å². The number of aryl methyl sites for hydroxylation is 1. The molecule has 2 saturated heterocycles. The molecule has 5 unspecified atom stereocenters. The van der Waals surface area contributed by atoms with Crippen LogP contribution in [0.1, 0.15) is 86.2 Å². The number of carboxylic acids is 1. The maximum Gasteiger partial charge on any atom is 0.416 e. The van der Waals surface area contributed by atoms with Crippen LogP contribution in [-0.2, 0) is 30.0 Å². The van der Waals surface area contributed by atoms with Gasteiger partial charge in [0.25, 0.3) is 0 Å². The summed E-state index contributed by atoms with van der Waals surface area (Å²) in [7, 11) is 0.